The Kier molecular flexibility index (Phi) is 3.07. The average molecular weight is 299 g/mol. The van der Waals surface area contributed by atoms with Crippen molar-refractivity contribution < 1.29 is 27.5 Å². The Hall–Kier alpha value is -2.18. The minimum absolute atomic E-state index is 0.0347. The minimum atomic E-state index is -4.18. The van der Waals surface area contributed by atoms with E-state index in [4.69, 9.17) is 9.52 Å². The lowest BCUT2D eigenvalue weighted by Gasteiger charge is -2.25. The predicted octanol–water partition coefficient (Wildman–Crippen LogP) is 3.44. The molecule has 112 valence electrons. The maximum Gasteiger partial charge on any atom is 0.392 e. The maximum absolute atomic E-state index is 12.8. The number of furan rings is 1. The largest absolute Gasteiger partial charge is 0.475 e. The van der Waals surface area contributed by atoms with Gasteiger partial charge in [-0.15, -0.1) is 0 Å². The second-order valence-electron chi connectivity index (χ2n) is 5.08. The SMILES string of the molecule is O=C(O)c1ccc(-n2ccc3c2CCC(C(F)(F)F)C3)o1. The molecule has 1 aliphatic rings. The number of carboxylic acids is 1. The summed E-state index contributed by atoms with van der Waals surface area (Å²) in [5.74, 6) is -2.39. The molecule has 0 aromatic carbocycles. The standard InChI is InChI=1S/C14H12F3NO3/c15-14(16,17)9-1-2-10-8(7-9)5-6-18(10)12-4-3-11(21-12)13(19)20/h3-6,9H,1-2,7H2,(H,19,20). The molecule has 0 saturated carbocycles. The van der Waals surface area contributed by atoms with E-state index in [1.807, 2.05) is 0 Å². The Morgan fingerprint density at radius 3 is 2.71 bits per heavy atom. The van der Waals surface area contributed by atoms with E-state index in [0.717, 1.165) is 5.69 Å². The van der Waals surface area contributed by atoms with E-state index < -0.39 is 18.1 Å². The summed E-state index contributed by atoms with van der Waals surface area (Å²) in [4.78, 5) is 10.8. The van der Waals surface area contributed by atoms with Gasteiger partial charge in [-0.25, -0.2) is 4.79 Å². The molecule has 0 amide bonds. The molecule has 1 aliphatic carbocycles. The molecule has 0 spiro atoms. The number of carbonyl (C=O) groups is 1. The van der Waals surface area contributed by atoms with Gasteiger partial charge in [-0.05, 0) is 37.0 Å². The first-order chi connectivity index (χ1) is 9.86. The molecule has 2 heterocycles. The van der Waals surface area contributed by atoms with Gasteiger partial charge in [0.25, 0.3) is 0 Å². The van der Waals surface area contributed by atoms with Crippen LogP contribution in [-0.2, 0) is 12.8 Å². The third-order valence-corrected chi connectivity index (χ3v) is 3.79. The van der Waals surface area contributed by atoms with Gasteiger partial charge in [0.1, 0.15) is 0 Å². The second-order valence-corrected chi connectivity index (χ2v) is 5.08. The number of aromatic nitrogens is 1. The normalized spacial score (nSPS) is 18.5. The third-order valence-electron chi connectivity index (χ3n) is 3.79. The molecule has 1 unspecified atom stereocenters. The number of halogens is 3. The van der Waals surface area contributed by atoms with Crippen LogP contribution in [0.2, 0.25) is 0 Å². The molecule has 0 bridgehead atoms. The van der Waals surface area contributed by atoms with Crippen molar-refractivity contribution in [2.45, 2.75) is 25.4 Å². The first kappa shape index (κ1) is 13.8. The molecule has 1 N–H and O–H groups in total. The Morgan fingerprint density at radius 1 is 1.33 bits per heavy atom. The van der Waals surface area contributed by atoms with Gasteiger partial charge in [0, 0.05) is 18.0 Å². The van der Waals surface area contributed by atoms with Crippen LogP contribution >= 0.6 is 0 Å². The Balaban J connectivity index is 1.91. The first-order valence-electron chi connectivity index (χ1n) is 6.45. The van der Waals surface area contributed by atoms with Crippen molar-refractivity contribution >= 4 is 5.97 Å². The molecule has 4 nitrogen and oxygen atoms in total. The summed E-state index contributed by atoms with van der Waals surface area (Å²) in [5.41, 5.74) is 1.39. The van der Waals surface area contributed by atoms with E-state index in [-0.39, 0.29) is 25.0 Å². The number of aromatic carboxylic acids is 1. The highest BCUT2D eigenvalue weighted by molar-refractivity contribution is 5.84. The molecule has 2 aromatic heterocycles. The van der Waals surface area contributed by atoms with Crippen LogP contribution in [0.4, 0.5) is 13.2 Å². The highest BCUT2D eigenvalue weighted by Gasteiger charge is 2.41. The van der Waals surface area contributed by atoms with Crippen LogP contribution in [-0.4, -0.2) is 21.8 Å². The predicted molar refractivity (Wildman–Crippen MR) is 66.6 cm³/mol. The van der Waals surface area contributed by atoms with Gasteiger partial charge < -0.3 is 9.52 Å². The van der Waals surface area contributed by atoms with Crippen molar-refractivity contribution in [1.29, 1.82) is 0 Å². The maximum atomic E-state index is 12.8. The number of hydrogen-bond donors (Lipinski definition) is 1. The summed E-state index contributed by atoms with van der Waals surface area (Å²) < 4.78 is 45.1. The van der Waals surface area contributed by atoms with Crippen molar-refractivity contribution in [3.63, 3.8) is 0 Å². The molecule has 0 fully saturated rings. The monoisotopic (exact) mass is 299 g/mol. The number of fused-ring (bicyclic) bond motifs is 1. The number of nitrogens with zero attached hydrogens (tertiary/aromatic N) is 1. The van der Waals surface area contributed by atoms with E-state index in [1.165, 1.54) is 12.1 Å². The van der Waals surface area contributed by atoms with E-state index in [9.17, 15) is 18.0 Å². The Bertz CT molecular complexity index is 684. The van der Waals surface area contributed by atoms with Gasteiger partial charge in [0.05, 0.1) is 5.92 Å². The lowest BCUT2D eigenvalue weighted by molar-refractivity contribution is -0.177. The van der Waals surface area contributed by atoms with Crippen molar-refractivity contribution in [1.82, 2.24) is 4.57 Å². The van der Waals surface area contributed by atoms with E-state index in [0.29, 0.717) is 11.4 Å². The fourth-order valence-electron chi connectivity index (χ4n) is 2.71. The molecule has 2 aromatic rings. The van der Waals surface area contributed by atoms with Crippen LogP contribution in [0.15, 0.2) is 28.8 Å². The van der Waals surface area contributed by atoms with Crippen LogP contribution < -0.4 is 0 Å². The quantitative estimate of drug-likeness (QED) is 0.924. The van der Waals surface area contributed by atoms with Crippen LogP contribution in [0.25, 0.3) is 5.88 Å². The van der Waals surface area contributed by atoms with Gasteiger partial charge in [-0.1, -0.05) is 0 Å². The molecule has 0 radical (unpaired) electrons. The summed E-state index contributed by atoms with van der Waals surface area (Å²) >= 11 is 0. The summed E-state index contributed by atoms with van der Waals surface area (Å²) in [6.45, 7) is 0. The van der Waals surface area contributed by atoms with E-state index >= 15 is 0 Å². The number of hydrogen-bond acceptors (Lipinski definition) is 2. The lowest BCUT2D eigenvalue weighted by atomic mass is 9.87. The smallest absolute Gasteiger partial charge is 0.392 e. The second kappa shape index (κ2) is 4.68. The molecule has 1 atom stereocenters. The van der Waals surface area contributed by atoms with Gasteiger partial charge >= 0.3 is 12.1 Å². The van der Waals surface area contributed by atoms with Crippen LogP contribution in [0.1, 0.15) is 28.2 Å². The summed E-state index contributed by atoms with van der Waals surface area (Å²) in [5, 5.41) is 8.83. The zero-order valence-corrected chi connectivity index (χ0v) is 10.9. The molecular weight excluding hydrogens is 287 g/mol. The molecule has 7 heteroatoms. The highest BCUT2D eigenvalue weighted by atomic mass is 19.4. The lowest BCUT2D eigenvalue weighted by Crippen LogP contribution is -2.29. The molecule has 0 saturated heterocycles. The Morgan fingerprint density at radius 2 is 2.10 bits per heavy atom. The highest BCUT2D eigenvalue weighted by Crippen LogP contribution is 2.38. The number of rotatable bonds is 2. The minimum Gasteiger partial charge on any atom is -0.475 e. The van der Waals surface area contributed by atoms with E-state index in [1.54, 1.807) is 16.8 Å². The summed E-state index contributed by atoms with van der Waals surface area (Å²) in [6.07, 6.45) is -2.28. The molecular formula is C14H12F3NO3. The van der Waals surface area contributed by atoms with Gasteiger partial charge in [-0.3, -0.25) is 4.57 Å². The Labute approximate surface area is 117 Å². The summed E-state index contributed by atoms with van der Waals surface area (Å²) in [7, 11) is 0. The van der Waals surface area contributed by atoms with Crippen molar-refractivity contribution in [3.05, 3.63) is 41.4 Å². The molecule has 21 heavy (non-hydrogen) atoms. The van der Waals surface area contributed by atoms with E-state index in [2.05, 4.69) is 0 Å². The fraction of sp³-hybridized carbons (Fsp3) is 0.357. The topological polar surface area (TPSA) is 55.4 Å². The number of alkyl halides is 3. The molecule has 0 aliphatic heterocycles. The first-order valence-corrected chi connectivity index (χ1v) is 6.45. The van der Waals surface area contributed by atoms with Crippen LogP contribution in [0, 0.1) is 5.92 Å². The van der Waals surface area contributed by atoms with Crippen LogP contribution in [0.3, 0.4) is 0 Å². The number of carboxylic acid groups (broad SMARTS) is 1. The van der Waals surface area contributed by atoms with Crippen molar-refractivity contribution in [2.75, 3.05) is 0 Å². The third kappa shape index (κ3) is 2.43. The summed E-state index contributed by atoms with van der Waals surface area (Å²) in [6, 6.07) is 4.46. The fourth-order valence-corrected chi connectivity index (χ4v) is 2.71. The zero-order valence-electron chi connectivity index (χ0n) is 10.9. The van der Waals surface area contributed by atoms with Crippen molar-refractivity contribution in [2.24, 2.45) is 5.92 Å². The van der Waals surface area contributed by atoms with Crippen LogP contribution in [0.5, 0.6) is 0 Å². The van der Waals surface area contributed by atoms with Gasteiger partial charge in [-0.2, -0.15) is 13.2 Å². The van der Waals surface area contributed by atoms with Gasteiger partial charge in [0.15, 0.2) is 0 Å². The van der Waals surface area contributed by atoms with Crippen molar-refractivity contribution in [3.8, 4) is 5.88 Å². The average Bonchev–Trinajstić information content (AvgIpc) is 3.03. The molecule has 3 rings (SSSR count). The van der Waals surface area contributed by atoms with Gasteiger partial charge in [0.2, 0.25) is 11.6 Å². The zero-order chi connectivity index (χ0) is 15.2.